The van der Waals surface area contributed by atoms with Gasteiger partial charge >= 0.3 is 0 Å². The van der Waals surface area contributed by atoms with Crippen molar-refractivity contribution in [3.8, 4) is 0 Å². The third-order valence-corrected chi connectivity index (χ3v) is 3.69. The fourth-order valence-corrected chi connectivity index (χ4v) is 2.15. The number of nitrogens with one attached hydrogen (secondary N) is 1. The number of amides is 1. The Hall–Kier alpha value is -1.81. The maximum atomic E-state index is 12.1. The van der Waals surface area contributed by atoms with Crippen LogP contribution in [0.25, 0.3) is 10.9 Å². The lowest BCUT2D eigenvalue weighted by Gasteiger charge is -2.24. The molecule has 20 heavy (non-hydrogen) atoms. The van der Waals surface area contributed by atoms with Gasteiger partial charge in [-0.15, -0.1) is 0 Å². The second-order valence-corrected chi connectivity index (χ2v) is 5.78. The van der Waals surface area contributed by atoms with Crippen molar-refractivity contribution in [2.45, 2.75) is 45.9 Å². The molecular weight excluding hydrogens is 252 g/mol. The van der Waals surface area contributed by atoms with Gasteiger partial charge in [0.15, 0.2) is 0 Å². The van der Waals surface area contributed by atoms with E-state index in [9.17, 15) is 4.79 Å². The molecule has 1 aromatic carbocycles. The van der Waals surface area contributed by atoms with Gasteiger partial charge in [0.1, 0.15) is 6.54 Å². The number of hydrogen-bond donors (Lipinski definition) is 2. The lowest BCUT2D eigenvalue weighted by molar-refractivity contribution is -0.123. The average molecular weight is 274 g/mol. The van der Waals surface area contributed by atoms with Crippen molar-refractivity contribution in [3.63, 3.8) is 0 Å². The molecule has 0 radical (unpaired) electrons. The molecule has 0 aliphatic rings. The Bertz CT molecular complexity index is 614. The van der Waals surface area contributed by atoms with Crippen LogP contribution in [0.5, 0.6) is 0 Å². The molecule has 108 valence electrons. The molecule has 4 nitrogen and oxygen atoms in total. The van der Waals surface area contributed by atoms with Crippen molar-refractivity contribution in [1.82, 2.24) is 9.88 Å². The molecule has 1 amide bonds. The van der Waals surface area contributed by atoms with Gasteiger partial charge in [-0.2, -0.15) is 0 Å². The van der Waals surface area contributed by atoms with Crippen molar-refractivity contribution < 1.29 is 9.90 Å². The van der Waals surface area contributed by atoms with Crippen LogP contribution in [0, 0.1) is 0 Å². The van der Waals surface area contributed by atoms with Crippen LogP contribution >= 0.6 is 0 Å². The molecule has 0 bridgehead atoms. The molecule has 2 aromatic rings. The first-order chi connectivity index (χ1) is 9.45. The molecule has 2 N–H and O–H groups in total. The normalized spacial score (nSPS) is 11.8. The van der Waals surface area contributed by atoms with Gasteiger partial charge in [0.05, 0.1) is 6.61 Å². The van der Waals surface area contributed by atoms with E-state index in [1.165, 1.54) is 0 Å². The largest absolute Gasteiger partial charge is 0.392 e. The predicted molar refractivity (Wildman–Crippen MR) is 80.4 cm³/mol. The fraction of sp³-hybridized carbons (Fsp3) is 0.438. The Morgan fingerprint density at radius 1 is 1.35 bits per heavy atom. The zero-order chi connectivity index (χ0) is 14.8. The zero-order valence-corrected chi connectivity index (χ0v) is 12.3. The molecule has 0 spiro atoms. The van der Waals surface area contributed by atoms with Crippen LogP contribution in [0.2, 0.25) is 0 Å². The minimum atomic E-state index is -0.176. The van der Waals surface area contributed by atoms with E-state index in [1.807, 2.05) is 48.9 Å². The van der Waals surface area contributed by atoms with Crippen LogP contribution in [0.4, 0.5) is 0 Å². The summed E-state index contributed by atoms with van der Waals surface area (Å²) in [4.78, 5) is 12.1. The number of benzene rings is 1. The number of fused-ring (bicyclic) bond motifs is 1. The van der Waals surface area contributed by atoms with Gasteiger partial charge in [-0.05, 0) is 49.4 Å². The topological polar surface area (TPSA) is 54.3 Å². The minimum absolute atomic E-state index is 0.0144. The molecule has 1 heterocycles. The van der Waals surface area contributed by atoms with Gasteiger partial charge in [-0.3, -0.25) is 4.79 Å². The fourth-order valence-electron chi connectivity index (χ4n) is 2.15. The summed E-state index contributed by atoms with van der Waals surface area (Å²) in [6.07, 6.45) is 2.80. The summed E-state index contributed by atoms with van der Waals surface area (Å²) in [6, 6.07) is 7.73. The molecular formula is C16H22N2O2. The van der Waals surface area contributed by atoms with Gasteiger partial charge in [0, 0.05) is 17.3 Å². The number of aromatic nitrogens is 1. The first-order valence-corrected chi connectivity index (χ1v) is 6.95. The van der Waals surface area contributed by atoms with Gasteiger partial charge in [-0.25, -0.2) is 0 Å². The zero-order valence-electron chi connectivity index (χ0n) is 12.3. The highest BCUT2D eigenvalue weighted by Crippen LogP contribution is 2.18. The van der Waals surface area contributed by atoms with Crippen LogP contribution in [0.15, 0.2) is 30.5 Å². The van der Waals surface area contributed by atoms with Crippen LogP contribution < -0.4 is 5.32 Å². The molecule has 0 aliphatic carbocycles. The highest BCUT2D eigenvalue weighted by atomic mass is 16.3. The highest BCUT2D eigenvalue weighted by molar-refractivity contribution is 5.84. The number of aliphatic hydroxyl groups excluding tert-OH is 1. The molecule has 0 saturated heterocycles. The van der Waals surface area contributed by atoms with Crippen molar-refractivity contribution in [2.24, 2.45) is 0 Å². The van der Waals surface area contributed by atoms with Crippen LogP contribution in [0.1, 0.15) is 32.8 Å². The average Bonchev–Trinajstić information content (AvgIpc) is 2.80. The predicted octanol–water partition coefficient (Wildman–Crippen LogP) is 2.44. The molecule has 4 heteroatoms. The smallest absolute Gasteiger partial charge is 0.240 e. The quantitative estimate of drug-likeness (QED) is 0.880. The van der Waals surface area contributed by atoms with E-state index in [0.717, 1.165) is 22.9 Å². The second kappa shape index (κ2) is 5.67. The maximum Gasteiger partial charge on any atom is 0.240 e. The molecule has 0 unspecified atom stereocenters. The summed E-state index contributed by atoms with van der Waals surface area (Å²) in [5.41, 5.74) is 1.71. The molecule has 0 aliphatic heterocycles. The van der Waals surface area contributed by atoms with E-state index in [2.05, 4.69) is 12.2 Å². The number of carbonyl (C=O) groups is 1. The van der Waals surface area contributed by atoms with Crippen molar-refractivity contribution >= 4 is 16.8 Å². The van der Waals surface area contributed by atoms with E-state index < -0.39 is 0 Å². The number of carbonyl (C=O) groups excluding carboxylic acids is 1. The van der Waals surface area contributed by atoms with Crippen molar-refractivity contribution in [2.75, 3.05) is 0 Å². The number of nitrogens with zero attached hydrogens (tertiary/aromatic N) is 1. The molecule has 2 rings (SSSR count). The van der Waals surface area contributed by atoms with Crippen LogP contribution in [-0.4, -0.2) is 21.1 Å². The van der Waals surface area contributed by atoms with E-state index >= 15 is 0 Å². The summed E-state index contributed by atoms with van der Waals surface area (Å²) in [6.45, 7) is 6.44. The Morgan fingerprint density at radius 2 is 2.10 bits per heavy atom. The Morgan fingerprint density at radius 3 is 2.75 bits per heavy atom. The van der Waals surface area contributed by atoms with Crippen molar-refractivity contribution in [3.05, 3.63) is 36.0 Å². The third kappa shape index (κ3) is 3.20. The first kappa shape index (κ1) is 14.6. The van der Waals surface area contributed by atoms with Gasteiger partial charge in [0.25, 0.3) is 0 Å². The van der Waals surface area contributed by atoms with E-state index in [-0.39, 0.29) is 18.1 Å². The Labute approximate surface area is 119 Å². The number of aliphatic hydroxyl groups is 1. The monoisotopic (exact) mass is 274 g/mol. The highest BCUT2D eigenvalue weighted by Gasteiger charge is 2.18. The summed E-state index contributed by atoms with van der Waals surface area (Å²) in [5, 5.41) is 13.2. The van der Waals surface area contributed by atoms with Crippen LogP contribution in [0.3, 0.4) is 0 Å². The molecule has 1 aromatic heterocycles. The number of hydrogen-bond acceptors (Lipinski definition) is 2. The molecule has 0 atom stereocenters. The lowest BCUT2D eigenvalue weighted by atomic mass is 10.0. The van der Waals surface area contributed by atoms with Crippen LogP contribution in [-0.2, 0) is 17.9 Å². The third-order valence-electron chi connectivity index (χ3n) is 3.69. The van der Waals surface area contributed by atoms with Gasteiger partial charge in [0.2, 0.25) is 5.91 Å². The Balaban J connectivity index is 2.16. The summed E-state index contributed by atoms with van der Waals surface area (Å²) in [7, 11) is 0. The van der Waals surface area contributed by atoms with E-state index in [0.29, 0.717) is 6.54 Å². The van der Waals surface area contributed by atoms with Gasteiger partial charge in [-0.1, -0.05) is 13.0 Å². The van der Waals surface area contributed by atoms with E-state index in [4.69, 9.17) is 5.11 Å². The van der Waals surface area contributed by atoms with Gasteiger partial charge < -0.3 is 15.0 Å². The van der Waals surface area contributed by atoms with Crippen molar-refractivity contribution in [1.29, 1.82) is 0 Å². The summed E-state index contributed by atoms with van der Waals surface area (Å²) < 4.78 is 1.93. The Kier molecular flexibility index (Phi) is 4.14. The summed E-state index contributed by atoms with van der Waals surface area (Å²) in [5.74, 6) is 0.0144. The SMILES string of the molecule is CCC(C)(C)NC(=O)Cn1ccc2cc(CO)ccc21. The first-order valence-electron chi connectivity index (χ1n) is 6.95. The second-order valence-electron chi connectivity index (χ2n) is 5.78. The summed E-state index contributed by atoms with van der Waals surface area (Å²) >= 11 is 0. The number of rotatable bonds is 5. The molecule has 0 fully saturated rings. The lowest BCUT2D eigenvalue weighted by Crippen LogP contribution is -2.44. The van der Waals surface area contributed by atoms with E-state index in [1.54, 1.807) is 0 Å². The minimum Gasteiger partial charge on any atom is -0.392 e. The maximum absolute atomic E-state index is 12.1. The molecule has 0 saturated carbocycles. The standard InChI is InChI=1S/C16H22N2O2/c1-4-16(2,3)17-15(20)10-18-8-7-13-9-12(11-19)5-6-14(13)18/h5-9,19H,4,10-11H2,1-3H3,(H,17,20).